The number of piperazine rings is 1. The van der Waals surface area contributed by atoms with Crippen molar-refractivity contribution in [1.82, 2.24) is 14.8 Å². The minimum absolute atomic E-state index is 0.148. The summed E-state index contributed by atoms with van der Waals surface area (Å²) in [5.74, 6) is 2.08. The molecule has 0 bridgehead atoms. The van der Waals surface area contributed by atoms with E-state index in [-0.39, 0.29) is 11.4 Å². The average molecular weight is 510 g/mol. The number of likely N-dealkylation sites (N-methyl/N-ethyl adjacent to an activating group) is 1. The van der Waals surface area contributed by atoms with Crippen molar-refractivity contribution in [2.75, 3.05) is 54.4 Å². The van der Waals surface area contributed by atoms with Gasteiger partial charge < -0.3 is 20.5 Å². The van der Waals surface area contributed by atoms with Gasteiger partial charge in [0.15, 0.2) is 5.82 Å². The number of hydrogen-bond donors (Lipinski definition) is 4. The second-order valence-corrected chi connectivity index (χ2v) is 10.0. The molecule has 2 heterocycles. The quantitative estimate of drug-likeness (QED) is 0.299. The molecule has 1 saturated heterocycles. The zero-order valence-corrected chi connectivity index (χ0v) is 20.4. The van der Waals surface area contributed by atoms with Gasteiger partial charge in [-0.1, -0.05) is 13.5 Å². The summed E-state index contributed by atoms with van der Waals surface area (Å²) in [6, 6.07) is 3.29. The number of nitrogen functional groups attached to an aromatic ring is 1. The van der Waals surface area contributed by atoms with Crippen LogP contribution >= 0.6 is 0 Å². The third-order valence-electron chi connectivity index (χ3n) is 5.53. The van der Waals surface area contributed by atoms with Crippen LogP contribution in [-0.4, -0.2) is 68.1 Å². The molecule has 35 heavy (non-hydrogen) atoms. The van der Waals surface area contributed by atoms with Gasteiger partial charge in [-0.25, -0.2) is 28.0 Å². The van der Waals surface area contributed by atoms with Gasteiger partial charge in [0.05, 0.1) is 23.3 Å². The van der Waals surface area contributed by atoms with E-state index in [1.165, 1.54) is 6.20 Å². The lowest BCUT2D eigenvalue weighted by molar-refractivity contribution is 0.101. The largest absolute Gasteiger partial charge is 0.369 e. The lowest BCUT2D eigenvalue weighted by atomic mass is 10.1. The summed E-state index contributed by atoms with van der Waals surface area (Å²) in [5, 5.41) is 2.42. The zero-order chi connectivity index (χ0) is 25.8. The minimum atomic E-state index is -3.85. The number of pyridine rings is 1. The number of anilines is 3. The Morgan fingerprint density at radius 3 is 2.54 bits per heavy atom. The third-order valence-corrected chi connectivity index (χ3v) is 7.01. The Bertz CT molecular complexity index is 1220. The number of halogens is 2. The van der Waals surface area contributed by atoms with Crippen molar-refractivity contribution in [3.8, 4) is 0 Å². The fourth-order valence-corrected chi connectivity index (χ4v) is 4.77. The van der Waals surface area contributed by atoms with Crippen molar-refractivity contribution in [1.29, 1.82) is 0 Å². The molecule has 1 aromatic heterocycles. The molecule has 0 atom stereocenters. The first-order valence-electron chi connectivity index (χ1n) is 11.0. The van der Waals surface area contributed by atoms with E-state index in [4.69, 9.17) is 5.84 Å². The molecule has 2 aromatic rings. The van der Waals surface area contributed by atoms with E-state index >= 15 is 0 Å². The molecule has 0 saturated carbocycles. The maximum Gasteiger partial charge on any atom is 0.261 e. The topological polar surface area (TPSA) is 133 Å². The predicted molar refractivity (Wildman–Crippen MR) is 132 cm³/mol. The predicted octanol–water partition coefficient (Wildman–Crippen LogP) is 2.27. The highest BCUT2D eigenvalue weighted by Gasteiger charge is 2.24. The first kappa shape index (κ1) is 26.3. The van der Waals surface area contributed by atoms with Crippen LogP contribution in [0.3, 0.4) is 0 Å². The number of carbonyl (C=O) groups is 1. The summed E-state index contributed by atoms with van der Waals surface area (Å²) < 4.78 is 55.4. The molecule has 1 aliphatic rings. The van der Waals surface area contributed by atoms with Crippen molar-refractivity contribution >= 4 is 38.8 Å². The van der Waals surface area contributed by atoms with Crippen LogP contribution in [0.2, 0.25) is 0 Å². The summed E-state index contributed by atoms with van der Waals surface area (Å²) in [6.45, 7) is 8.90. The van der Waals surface area contributed by atoms with Crippen LogP contribution in [0.4, 0.5) is 26.0 Å². The minimum Gasteiger partial charge on any atom is -0.369 e. The fourth-order valence-electron chi connectivity index (χ4n) is 3.64. The lowest BCUT2D eigenvalue weighted by Crippen LogP contribution is -2.43. The summed E-state index contributed by atoms with van der Waals surface area (Å²) >= 11 is 0. The SMILES string of the molecule is C=C(c1cc(NC(=O)c2c(F)ccc(NS(=O)(=O)CCC)c2F)cnc1NN)N1CCN(C)CC1. The van der Waals surface area contributed by atoms with Gasteiger partial charge in [-0.3, -0.25) is 9.52 Å². The van der Waals surface area contributed by atoms with Crippen LogP contribution in [0, 0.1) is 11.6 Å². The number of amides is 1. The second kappa shape index (κ2) is 11.0. The van der Waals surface area contributed by atoms with Gasteiger partial charge >= 0.3 is 0 Å². The van der Waals surface area contributed by atoms with Crippen molar-refractivity contribution in [3.63, 3.8) is 0 Å². The number of hydrogen-bond acceptors (Lipinski definition) is 8. The van der Waals surface area contributed by atoms with E-state index < -0.39 is 38.8 Å². The van der Waals surface area contributed by atoms with Gasteiger partial charge in [-0.2, -0.15) is 0 Å². The van der Waals surface area contributed by atoms with Gasteiger partial charge in [0, 0.05) is 37.4 Å². The summed E-state index contributed by atoms with van der Waals surface area (Å²) in [6.07, 6.45) is 1.57. The maximum absolute atomic E-state index is 15.0. The molecule has 1 aromatic carbocycles. The molecule has 1 amide bonds. The van der Waals surface area contributed by atoms with Crippen LogP contribution in [0.25, 0.3) is 5.70 Å². The van der Waals surface area contributed by atoms with Crippen LogP contribution in [-0.2, 0) is 10.0 Å². The van der Waals surface area contributed by atoms with Gasteiger partial charge in [0.2, 0.25) is 10.0 Å². The molecule has 0 unspecified atom stereocenters. The molecule has 3 rings (SSSR count). The van der Waals surface area contributed by atoms with E-state index in [0.29, 0.717) is 23.5 Å². The Kier molecular flexibility index (Phi) is 8.25. The highest BCUT2D eigenvalue weighted by Crippen LogP contribution is 2.28. The number of rotatable bonds is 9. The highest BCUT2D eigenvalue weighted by atomic mass is 32.2. The number of carbonyl (C=O) groups excluding carboxylic acids is 1. The zero-order valence-electron chi connectivity index (χ0n) is 19.6. The Labute approximate surface area is 203 Å². The fraction of sp³-hybridized carbons (Fsp3) is 0.364. The normalized spacial score (nSPS) is 14.5. The number of nitrogens with two attached hydrogens (primary N) is 1. The van der Waals surface area contributed by atoms with Gasteiger partial charge in [0.25, 0.3) is 5.91 Å². The summed E-state index contributed by atoms with van der Waals surface area (Å²) in [5.41, 5.74) is 2.32. The first-order valence-corrected chi connectivity index (χ1v) is 12.6. The standard InChI is InChI=1S/C22H29F2N7O3S/c1-4-11-35(33,34)29-18-6-5-17(23)19(20(18)24)22(32)27-15-12-16(21(28-25)26-13-15)14(2)31-9-7-30(3)8-10-31/h5-6,12-13,29H,2,4,7-11,25H2,1,3H3,(H,26,28)(H,27,32). The van der Waals surface area contributed by atoms with E-state index in [1.807, 2.05) is 11.8 Å². The smallest absolute Gasteiger partial charge is 0.261 e. The van der Waals surface area contributed by atoms with Gasteiger partial charge in [-0.05, 0) is 31.7 Å². The molecule has 0 spiro atoms. The Morgan fingerprint density at radius 1 is 1.23 bits per heavy atom. The van der Waals surface area contributed by atoms with Crippen LogP contribution < -0.4 is 21.3 Å². The summed E-state index contributed by atoms with van der Waals surface area (Å²) in [4.78, 5) is 21.2. The Morgan fingerprint density at radius 2 is 1.91 bits per heavy atom. The van der Waals surface area contributed by atoms with E-state index in [0.717, 1.165) is 38.3 Å². The van der Waals surface area contributed by atoms with Crippen molar-refractivity contribution in [3.05, 3.63) is 53.7 Å². The van der Waals surface area contributed by atoms with Crippen molar-refractivity contribution in [2.24, 2.45) is 5.84 Å². The molecule has 1 fully saturated rings. The monoisotopic (exact) mass is 509 g/mol. The number of hydrazine groups is 1. The molecule has 1 aliphatic heterocycles. The van der Waals surface area contributed by atoms with Crippen LogP contribution in [0.15, 0.2) is 31.0 Å². The first-order chi connectivity index (χ1) is 16.6. The second-order valence-electron chi connectivity index (χ2n) is 8.16. The van der Waals surface area contributed by atoms with Crippen molar-refractivity contribution in [2.45, 2.75) is 13.3 Å². The van der Waals surface area contributed by atoms with E-state index in [2.05, 4.69) is 32.1 Å². The molecule has 0 radical (unpaired) electrons. The average Bonchev–Trinajstić information content (AvgIpc) is 2.81. The number of benzene rings is 1. The van der Waals surface area contributed by atoms with E-state index in [1.54, 1.807) is 13.0 Å². The Balaban J connectivity index is 1.87. The third kappa shape index (κ3) is 6.24. The maximum atomic E-state index is 15.0. The molecular weight excluding hydrogens is 480 g/mol. The summed E-state index contributed by atoms with van der Waals surface area (Å²) in [7, 11) is -1.83. The number of nitrogens with zero attached hydrogens (tertiary/aromatic N) is 3. The molecule has 0 aliphatic carbocycles. The molecule has 13 heteroatoms. The highest BCUT2D eigenvalue weighted by molar-refractivity contribution is 7.92. The number of aromatic nitrogens is 1. The molecular formula is C22H29F2N7O3S. The van der Waals surface area contributed by atoms with Crippen LogP contribution in [0.5, 0.6) is 0 Å². The lowest BCUT2D eigenvalue weighted by Gasteiger charge is -2.35. The van der Waals surface area contributed by atoms with E-state index in [9.17, 15) is 22.0 Å². The molecule has 10 nitrogen and oxygen atoms in total. The molecule has 5 N–H and O–H groups in total. The molecule has 190 valence electrons. The van der Waals surface area contributed by atoms with Gasteiger partial charge in [-0.15, -0.1) is 0 Å². The number of nitrogens with one attached hydrogen (secondary N) is 3. The van der Waals surface area contributed by atoms with Crippen LogP contribution in [0.1, 0.15) is 29.3 Å². The van der Waals surface area contributed by atoms with Crippen molar-refractivity contribution < 1.29 is 22.0 Å². The van der Waals surface area contributed by atoms with Gasteiger partial charge in [0.1, 0.15) is 17.2 Å². The Hall–Kier alpha value is -3.29. The number of sulfonamides is 1.